The van der Waals surface area contributed by atoms with Crippen molar-refractivity contribution in [1.29, 1.82) is 0 Å². The van der Waals surface area contributed by atoms with Crippen LogP contribution < -0.4 is 9.62 Å². The highest BCUT2D eigenvalue weighted by atomic mass is 32.2. The van der Waals surface area contributed by atoms with Gasteiger partial charge in [0.05, 0.1) is 23.3 Å². The van der Waals surface area contributed by atoms with Crippen molar-refractivity contribution in [2.24, 2.45) is 0 Å². The molecule has 148 valence electrons. The molecule has 3 aromatic carbocycles. The molecule has 7 nitrogen and oxygen atoms in total. The molecule has 0 saturated carbocycles. The summed E-state index contributed by atoms with van der Waals surface area (Å²) in [7, 11) is -2.65. The van der Waals surface area contributed by atoms with Crippen molar-refractivity contribution in [2.45, 2.75) is 11.8 Å². The molecule has 3 aromatic rings. The normalized spacial score (nSPS) is 13.0. The first-order chi connectivity index (χ1) is 13.9. The summed E-state index contributed by atoms with van der Waals surface area (Å²) >= 11 is 0. The van der Waals surface area contributed by atoms with Crippen molar-refractivity contribution < 1.29 is 22.7 Å². The van der Waals surface area contributed by atoms with Gasteiger partial charge in [-0.1, -0.05) is 12.1 Å². The molecule has 1 N–H and O–H groups in total. The van der Waals surface area contributed by atoms with Crippen molar-refractivity contribution in [2.75, 3.05) is 23.3 Å². The predicted octanol–water partition coefficient (Wildman–Crippen LogP) is 3.41. The molecular formula is C21H18N2O5S. The third-order valence-corrected chi connectivity index (χ3v) is 6.35. The number of rotatable bonds is 5. The van der Waals surface area contributed by atoms with Gasteiger partial charge in [0, 0.05) is 28.6 Å². The number of hydrogen-bond acceptors (Lipinski definition) is 5. The molecule has 0 saturated heterocycles. The highest BCUT2D eigenvalue weighted by Gasteiger charge is 2.31. The highest BCUT2D eigenvalue weighted by Crippen LogP contribution is 2.40. The Morgan fingerprint density at radius 3 is 2.45 bits per heavy atom. The molecule has 0 fully saturated rings. The van der Waals surface area contributed by atoms with Crippen molar-refractivity contribution in [3.63, 3.8) is 0 Å². The van der Waals surface area contributed by atoms with E-state index in [2.05, 4.69) is 9.46 Å². The molecule has 1 amide bonds. The summed E-state index contributed by atoms with van der Waals surface area (Å²) < 4.78 is 33.3. The Morgan fingerprint density at radius 1 is 1.07 bits per heavy atom. The van der Waals surface area contributed by atoms with E-state index >= 15 is 0 Å². The minimum Gasteiger partial charge on any atom is -0.465 e. The zero-order valence-electron chi connectivity index (χ0n) is 15.8. The Hall–Kier alpha value is -3.39. The number of anilines is 2. The predicted molar refractivity (Wildman–Crippen MR) is 110 cm³/mol. The molecule has 1 aliphatic heterocycles. The molecule has 4 rings (SSSR count). The molecule has 0 aromatic heterocycles. The lowest BCUT2D eigenvalue weighted by Crippen LogP contribution is -2.25. The van der Waals surface area contributed by atoms with E-state index in [1.807, 2.05) is 6.92 Å². The van der Waals surface area contributed by atoms with Gasteiger partial charge in [-0.15, -0.1) is 0 Å². The Bertz CT molecular complexity index is 1250. The van der Waals surface area contributed by atoms with Gasteiger partial charge in [0.25, 0.3) is 15.9 Å². The SMILES string of the molecule is CCN1C(=O)c2cccc3c(S(=O)(=O)Nc4ccc(C(=O)OC)cc4)ccc1c23. The Balaban J connectivity index is 1.76. The van der Waals surface area contributed by atoms with Crippen LogP contribution in [-0.2, 0) is 14.8 Å². The van der Waals surface area contributed by atoms with Crippen molar-refractivity contribution >= 4 is 44.0 Å². The highest BCUT2D eigenvalue weighted by molar-refractivity contribution is 7.93. The molecule has 0 bridgehead atoms. The number of nitrogens with zero attached hydrogens (tertiary/aromatic N) is 1. The van der Waals surface area contributed by atoms with E-state index in [1.54, 1.807) is 29.2 Å². The molecule has 0 aliphatic carbocycles. The lowest BCUT2D eigenvalue weighted by atomic mass is 10.1. The number of esters is 1. The smallest absolute Gasteiger partial charge is 0.337 e. The van der Waals surface area contributed by atoms with Crippen LogP contribution in [0.25, 0.3) is 10.8 Å². The second kappa shape index (κ2) is 6.89. The third kappa shape index (κ3) is 3.01. The molecule has 0 atom stereocenters. The number of amides is 1. The number of hydrogen-bond donors (Lipinski definition) is 1. The summed E-state index contributed by atoms with van der Waals surface area (Å²) in [6.45, 7) is 2.37. The Labute approximate surface area is 167 Å². The van der Waals surface area contributed by atoms with E-state index in [0.29, 0.717) is 39.8 Å². The third-order valence-electron chi connectivity index (χ3n) is 4.91. The largest absolute Gasteiger partial charge is 0.465 e. The molecule has 0 spiro atoms. The fourth-order valence-electron chi connectivity index (χ4n) is 3.57. The molecular weight excluding hydrogens is 392 g/mol. The number of ether oxygens (including phenoxy) is 1. The van der Waals surface area contributed by atoms with Gasteiger partial charge in [0.1, 0.15) is 0 Å². The minimum absolute atomic E-state index is 0.0842. The molecule has 1 heterocycles. The monoisotopic (exact) mass is 410 g/mol. The maximum atomic E-state index is 13.1. The second-order valence-corrected chi connectivity index (χ2v) is 8.19. The maximum Gasteiger partial charge on any atom is 0.337 e. The van der Waals surface area contributed by atoms with E-state index in [1.165, 1.54) is 37.4 Å². The summed E-state index contributed by atoms with van der Waals surface area (Å²) in [5.74, 6) is -0.633. The average Bonchev–Trinajstić information content (AvgIpc) is 3.00. The summed E-state index contributed by atoms with van der Waals surface area (Å²) in [6, 6.07) is 14.2. The van der Waals surface area contributed by atoms with E-state index in [0.717, 1.165) is 0 Å². The molecule has 8 heteroatoms. The van der Waals surface area contributed by atoms with Crippen LogP contribution in [0.2, 0.25) is 0 Å². The fourth-order valence-corrected chi connectivity index (χ4v) is 4.83. The van der Waals surface area contributed by atoms with Gasteiger partial charge in [-0.3, -0.25) is 9.52 Å². The number of carbonyl (C=O) groups is 2. The van der Waals surface area contributed by atoms with Gasteiger partial charge >= 0.3 is 5.97 Å². The number of sulfonamides is 1. The summed E-state index contributed by atoms with van der Waals surface area (Å²) in [4.78, 5) is 25.8. The van der Waals surface area contributed by atoms with Crippen LogP contribution in [0.3, 0.4) is 0 Å². The van der Waals surface area contributed by atoms with Crippen molar-refractivity contribution in [3.05, 3.63) is 65.7 Å². The van der Waals surface area contributed by atoms with Gasteiger partial charge in [-0.25, -0.2) is 13.2 Å². The minimum atomic E-state index is -3.92. The summed E-state index contributed by atoms with van der Waals surface area (Å²) in [6.07, 6.45) is 0. The van der Waals surface area contributed by atoms with Crippen molar-refractivity contribution in [1.82, 2.24) is 0 Å². The first-order valence-electron chi connectivity index (χ1n) is 8.96. The number of nitrogens with one attached hydrogen (secondary N) is 1. The summed E-state index contributed by atoms with van der Waals surface area (Å²) in [5, 5.41) is 1.13. The zero-order valence-corrected chi connectivity index (χ0v) is 16.6. The average molecular weight is 410 g/mol. The first kappa shape index (κ1) is 18.9. The van der Waals surface area contributed by atoms with E-state index < -0.39 is 16.0 Å². The quantitative estimate of drug-likeness (QED) is 0.651. The van der Waals surface area contributed by atoms with Crippen molar-refractivity contribution in [3.8, 4) is 0 Å². The lowest BCUT2D eigenvalue weighted by Gasteiger charge is -2.16. The van der Waals surface area contributed by atoms with Crippen LogP contribution in [0.5, 0.6) is 0 Å². The van der Waals surface area contributed by atoms with Crippen LogP contribution in [0, 0.1) is 0 Å². The number of benzene rings is 3. The molecule has 0 radical (unpaired) electrons. The lowest BCUT2D eigenvalue weighted by molar-refractivity contribution is 0.0600. The van der Waals surface area contributed by atoms with E-state index in [9.17, 15) is 18.0 Å². The first-order valence-corrected chi connectivity index (χ1v) is 10.4. The molecule has 0 unspecified atom stereocenters. The van der Waals surface area contributed by atoms with Crippen LogP contribution in [0.15, 0.2) is 59.5 Å². The number of methoxy groups -OCH3 is 1. The van der Waals surface area contributed by atoms with Crippen LogP contribution in [-0.4, -0.2) is 33.9 Å². The van der Waals surface area contributed by atoms with Crippen LogP contribution >= 0.6 is 0 Å². The van der Waals surface area contributed by atoms with Gasteiger partial charge in [-0.2, -0.15) is 0 Å². The van der Waals surface area contributed by atoms with Crippen LogP contribution in [0.1, 0.15) is 27.6 Å². The van der Waals surface area contributed by atoms with E-state index in [4.69, 9.17) is 0 Å². The van der Waals surface area contributed by atoms with Gasteiger partial charge in [0.15, 0.2) is 0 Å². The molecule has 1 aliphatic rings. The van der Waals surface area contributed by atoms with Gasteiger partial charge < -0.3 is 9.64 Å². The topological polar surface area (TPSA) is 92.8 Å². The van der Waals surface area contributed by atoms with E-state index in [-0.39, 0.29) is 10.8 Å². The fraction of sp³-hybridized carbons (Fsp3) is 0.143. The second-order valence-electron chi connectivity index (χ2n) is 6.53. The zero-order chi connectivity index (χ0) is 20.8. The standard InChI is InChI=1S/C21H18N2O5S/c1-3-23-17-11-12-18(15-5-4-6-16(19(15)17)20(23)24)29(26,27)22-14-9-7-13(8-10-14)21(25)28-2/h4-12,22H,3H2,1-2H3. The number of carbonyl (C=O) groups excluding carboxylic acids is 2. The molecule has 29 heavy (non-hydrogen) atoms. The Kier molecular flexibility index (Phi) is 4.50. The Morgan fingerprint density at radius 2 is 1.79 bits per heavy atom. The van der Waals surface area contributed by atoms with Crippen LogP contribution in [0.4, 0.5) is 11.4 Å². The maximum absolute atomic E-state index is 13.1. The summed E-state index contributed by atoms with van der Waals surface area (Å²) in [5.41, 5.74) is 1.84. The van der Waals surface area contributed by atoms with Gasteiger partial charge in [0.2, 0.25) is 0 Å². The van der Waals surface area contributed by atoms with Gasteiger partial charge in [-0.05, 0) is 49.4 Å².